The number of unbranched alkanes of at least 4 members (excludes halogenated alkanes) is 3. The van der Waals surface area contributed by atoms with Crippen LogP contribution in [-0.2, 0) is 4.74 Å². The van der Waals surface area contributed by atoms with Crippen LogP contribution in [0.3, 0.4) is 0 Å². The monoisotopic (exact) mass is 394 g/mol. The molecule has 0 heterocycles. The molecule has 168 valence electrons. The second-order valence-corrected chi connectivity index (χ2v) is 11.4. The molecule has 3 unspecified atom stereocenters. The largest absolute Gasteiger partial charge is 0.375 e. The lowest BCUT2D eigenvalue weighted by atomic mass is 9.81. The Morgan fingerprint density at radius 1 is 0.929 bits per heavy atom. The summed E-state index contributed by atoms with van der Waals surface area (Å²) in [4.78, 5) is 0. The van der Waals surface area contributed by atoms with Gasteiger partial charge in [0.25, 0.3) is 0 Å². The summed E-state index contributed by atoms with van der Waals surface area (Å²) >= 11 is 0. The van der Waals surface area contributed by atoms with Gasteiger partial charge < -0.3 is 4.74 Å². The summed E-state index contributed by atoms with van der Waals surface area (Å²) < 4.78 is 6.76. The molecular weight excluding hydrogens is 340 g/mol. The van der Waals surface area contributed by atoms with Crippen LogP contribution in [0.2, 0.25) is 0 Å². The normalized spacial score (nSPS) is 26.7. The quantitative estimate of drug-likeness (QED) is 0.300. The molecule has 0 aromatic carbocycles. The van der Waals surface area contributed by atoms with Crippen LogP contribution in [0.1, 0.15) is 138 Å². The highest BCUT2D eigenvalue weighted by Crippen LogP contribution is 2.37. The summed E-state index contributed by atoms with van der Waals surface area (Å²) in [6, 6.07) is 0. The van der Waals surface area contributed by atoms with Gasteiger partial charge in [0.15, 0.2) is 0 Å². The van der Waals surface area contributed by atoms with E-state index in [4.69, 9.17) is 4.74 Å². The zero-order valence-corrected chi connectivity index (χ0v) is 20.7. The standard InChI is InChI=1S/C27H54O/c1-8-26(6,19-14-10-9-12-16-23(2)3)22-28-27(7)20-15-11-13-17-25(18-21-27)24(4)5/h23-25H,8-22H2,1-7H3. The minimum Gasteiger partial charge on any atom is -0.375 e. The number of rotatable bonds is 12. The van der Waals surface area contributed by atoms with Gasteiger partial charge in [-0.2, -0.15) is 0 Å². The number of hydrogen-bond acceptors (Lipinski definition) is 1. The average molecular weight is 395 g/mol. The molecular formula is C27H54O. The van der Waals surface area contributed by atoms with Crippen molar-refractivity contribution in [2.45, 2.75) is 144 Å². The van der Waals surface area contributed by atoms with E-state index in [0.717, 1.165) is 24.4 Å². The smallest absolute Gasteiger partial charge is 0.0654 e. The lowest BCUT2D eigenvalue weighted by Crippen LogP contribution is -2.35. The summed E-state index contributed by atoms with van der Waals surface area (Å²) in [5.74, 6) is 2.57. The molecule has 1 aliphatic carbocycles. The molecule has 1 nitrogen and oxygen atoms in total. The van der Waals surface area contributed by atoms with Gasteiger partial charge >= 0.3 is 0 Å². The molecule has 0 aliphatic heterocycles. The molecule has 0 aromatic heterocycles. The minimum atomic E-state index is 0.102. The lowest BCUT2D eigenvalue weighted by molar-refractivity contribution is -0.0857. The molecule has 0 N–H and O–H groups in total. The first-order valence-corrected chi connectivity index (χ1v) is 12.8. The first kappa shape index (κ1) is 26.0. The molecule has 3 atom stereocenters. The molecule has 0 spiro atoms. The summed E-state index contributed by atoms with van der Waals surface area (Å²) in [5, 5.41) is 0. The van der Waals surface area contributed by atoms with Gasteiger partial charge in [0.1, 0.15) is 0 Å². The summed E-state index contributed by atoms with van der Waals surface area (Å²) in [6.07, 6.45) is 19.0. The predicted octanol–water partition coefficient (Wildman–Crippen LogP) is 9.19. The molecule has 0 saturated heterocycles. The van der Waals surface area contributed by atoms with E-state index < -0.39 is 0 Å². The third-order valence-electron chi connectivity index (χ3n) is 7.70. The second-order valence-electron chi connectivity index (χ2n) is 11.4. The molecule has 1 heteroatoms. The Kier molecular flexibility index (Phi) is 12.3. The van der Waals surface area contributed by atoms with E-state index in [2.05, 4.69) is 48.5 Å². The molecule has 0 aromatic rings. The molecule has 28 heavy (non-hydrogen) atoms. The van der Waals surface area contributed by atoms with Crippen molar-refractivity contribution in [2.75, 3.05) is 6.61 Å². The van der Waals surface area contributed by atoms with Crippen LogP contribution in [0.4, 0.5) is 0 Å². The first-order chi connectivity index (χ1) is 13.2. The van der Waals surface area contributed by atoms with Crippen molar-refractivity contribution >= 4 is 0 Å². The van der Waals surface area contributed by atoms with Crippen molar-refractivity contribution in [1.29, 1.82) is 0 Å². The van der Waals surface area contributed by atoms with Crippen LogP contribution in [0, 0.1) is 23.2 Å². The highest BCUT2D eigenvalue weighted by molar-refractivity contribution is 4.82. The maximum Gasteiger partial charge on any atom is 0.0654 e. The van der Waals surface area contributed by atoms with Crippen LogP contribution >= 0.6 is 0 Å². The maximum absolute atomic E-state index is 6.76. The summed E-state index contributed by atoms with van der Waals surface area (Å²) in [6.45, 7) is 17.7. The molecule has 1 saturated carbocycles. The zero-order valence-electron chi connectivity index (χ0n) is 20.7. The molecule has 1 fully saturated rings. The van der Waals surface area contributed by atoms with Gasteiger partial charge in [-0.25, -0.2) is 0 Å². The Morgan fingerprint density at radius 2 is 1.64 bits per heavy atom. The first-order valence-electron chi connectivity index (χ1n) is 12.8. The van der Waals surface area contributed by atoms with Crippen molar-refractivity contribution in [2.24, 2.45) is 23.2 Å². The van der Waals surface area contributed by atoms with Crippen molar-refractivity contribution < 1.29 is 4.74 Å². The molecule has 0 amide bonds. The Balaban J connectivity index is 2.46. The highest BCUT2D eigenvalue weighted by atomic mass is 16.5. The van der Waals surface area contributed by atoms with Crippen LogP contribution in [0.25, 0.3) is 0 Å². The summed E-state index contributed by atoms with van der Waals surface area (Å²) in [5.41, 5.74) is 0.460. The fourth-order valence-electron chi connectivity index (χ4n) is 4.81. The van der Waals surface area contributed by atoms with E-state index in [1.165, 1.54) is 89.9 Å². The fourth-order valence-corrected chi connectivity index (χ4v) is 4.81. The van der Waals surface area contributed by atoms with Crippen molar-refractivity contribution in [3.05, 3.63) is 0 Å². The van der Waals surface area contributed by atoms with E-state index in [0.29, 0.717) is 5.41 Å². The van der Waals surface area contributed by atoms with Crippen LogP contribution in [0.5, 0.6) is 0 Å². The minimum absolute atomic E-state index is 0.102. The second kappa shape index (κ2) is 13.3. The molecule has 0 bridgehead atoms. The van der Waals surface area contributed by atoms with Gasteiger partial charge in [-0.05, 0) is 62.2 Å². The van der Waals surface area contributed by atoms with E-state index in [1.807, 2.05) is 0 Å². The highest BCUT2D eigenvalue weighted by Gasteiger charge is 2.31. The third-order valence-corrected chi connectivity index (χ3v) is 7.70. The van der Waals surface area contributed by atoms with Gasteiger partial charge in [-0.3, -0.25) is 0 Å². The van der Waals surface area contributed by atoms with Crippen molar-refractivity contribution in [3.63, 3.8) is 0 Å². The van der Waals surface area contributed by atoms with Gasteiger partial charge in [-0.15, -0.1) is 0 Å². The van der Waals surface area contributed by atoms with Gasteiger partial charge in [0.05, 0.1) is 12.2 Å². The van der Waals surface area contributed by atoms with Crippen LogP contribution < -0.4 is 0 Å². The topological polar surface area (TPSA) is 9.23 Å². The Bertz CT molecular complexity index is 388. The predicted molar refractivity (Wildman–Crippen MR) is 126 cm³/mol. The fraction of sp³-hybridized carbons (Fsp3) is 1.00. The number of ether oxygens (including phenoxy) is 1. The van der Waals surface area contributed by atoms with Crippen LogP contribution in [0.15, 0.2) is 0 Å². The maximum atomic E-state index is 6.76. The lowest BCUT2D eigenvalue weighted by Gasteiger charge is -2.37. The van der Waals surface area contributed by atoms with E-state index >= 15 is 0 Å². The molecule has 1 rings (SSSR count). The molecule has 0 radical (unpaired) electrons. The third kappa shape index (κ3) is 10.7. The van der Waals surface area contributed by atoms with E-state index in [9.17, 15) is 0 Å². The number of hydrogen-bond donors (Lipinski definition) is 0. The van der Waals surface area contributed by atoms with Crippen molar-refractivity contribution in [3.8, 4) is 0 Å². The van der Waals surface area contributed by atoms with Gasteiger partial charge in [-0.1, -0.05) is 99.3 Å². The van der Waals surface area contributed by atoms with Gasteiger partial charge in [0.2, 0.25) is 0 Å². The Hall–Kier alpha value is -0.0400. The Morgan fingerprint density at radius 3 is 2.29 bits per heavy atom. The van der Waals surface area contributed by atoms with Gasteiger partial charge in [0, 0.05) is 0 Å². The van der Waals surface area contributed by atoms with Crippen molar-refractivity contribution in [1.82, 2.24) is 0 Å². The SMILES string of the molecule is CCC(C)(CCCCCCC(C)C)COC1(C)CCCCCC(C(C)C)CC1. The average Bonchev–Trinajstić information content (AvgIpc) is 2.74. The van der Waals surface area contributed by atoms with E-state index in [1.54, 1.807) is 0 Å². The van der Waals surface area contributed by atoms with Crippen LogP contribution in [-0.4, -0.2) is 12.2 Å². The summed E-state index contributed by atoms with van der Waals surface area (Å²) in [7, 11) is 0. The zero-order chi connectivity index (χ0) is 21.0. The Labute approximate surface area is 178 Å². The van der Waals surface area contributed by atoms with E-state index in [-0.39, 0.29) is 5.60 Å². The molecule has 1 aliphatic rings.